The molecule has 0 aliphatic heterocycles. The van der Waals surface area contributed by atoms with E-state index in [4.69, 9.17) is 37.1 Å². The van der Waals surface area contributed by atoms with E-state index in [1.807, 2.05) is 18.2 Å². The van der Waals surface area contributed by atoms with E-state index in [1.165, 1.54) is 0 Å². The van der Waals surface area contributed by atoms with Crippen LogP contribution in [0.4, 0.5) is 0 Å². The van der Waals surface area contributed by atoms with Gasteiger partial charge in [0.15, 0.2) is 8.32 Å². The molecule has 0 saturated carbocycles. The molecule has 6 heteroatoms. The summed E-state index contributed by atoms with van der Waals surface area (Å²) in [4.78, 5) is 0. The molecule has 138 valence electrons. The molecule has 2 atom stereocenters. The fourth-order valence-electron chi connectivity index (χ4n) is 2.21. The van der Waals surface area contributed by atoms with Gasteiger partial charge in [0.25, 0.3) is 0 Å². The van der Waals surface area contributed by atoms with Gasteiger partial charge in [-0.25, -0.2) is 0 Å². The maximum Gasteiger partial charge on any atom is 0.192 e. The molecule has 1 aromatic carbocycles. The van der Waals surface area contributed by atoms with Gasteiger partial charge in [0.05, 0.1) is 6.10 Å². The van der Waals surface area contributed by atoms with Gasteiger partial charge >= 0.3 is 0 Å². The van der Waals surface area contributed by atoms with Gasteiger partial charge in [-0.1, -0.05) is 57.0 Å². The Balaban J connectivity index is 3.22. The molecule has 1 unspecified atom stereocenters. The van der Waals surface area contributed by atoms with Gasteiger partial charge in [0.2, 0.25) is 0 Å². The first-order chi connectivity index (χ1) is 11.0. The van der Waals surface area contributed by atoms with Crippen LogP contribution in [0.2, 0.25) is 28.2 Å². The minimum atomic E-state index is -1.97. The van der Waals surface area contributed by atoms with Crippen molar-refractivity contribution in [1.82, 2.24) is 0 Å². The van der Waals surface area contributed by atoms with Crippen molar-refractivity contribution in [1.29, 1.82) is 0 Å². The van der Waals surface area contributed by atoms with Crippen LogP contribution in [-0.4, -0.2) is 28.3 Å². The molecule has 0 heterocycles. The Morgan fingerprint density at radius 2 is 1.67 bits per heavy atom. The number of benzene rings is 1. The lowest BCUT2D eigenvalue weighted by Gasteiger charge is -2.41. The zero-order valence-corrected chi connectivity index (χ0v) is 18.3. The summed E-state index contributed by atoms with van der Waals surface area (Å²) in [6.45, 7) is 13.4. The van der Waals surface area contributed by atoms with Crippen molar-refractivity contribution in [2.24, 2.45) is 0 Å². The van der Waals surface area contributed by atoms with Crippen molar-refractivity contribution in [2.75, 3.05) is 13.9 Å². The van der Waals surface area contributed by atoms with Gasteiger partial charge in [-0.15, -0.1) is 0 Å². The normalized spacial score (nSPS) is 15.4. The Bertz CT molecular complexity index is 509. The standard InChI is InChI=1S/C18H30Cl2O3Si/c1-8-15(23-24(6,7)18(2,3)4)17(22-12-21-5)16-13(19)10-9-11-14(16)20/h9-11,15,17H,8,12H2,1-7H3/t15?,17-/m1/s1. The lowest BCUT2D eigenvalue weighted by atomic mass is 10.0. The molecule has 1 rings (SSSR count). The van der Waals surface area contributed by atoms with E-state index in [-0.39, 0.29) is 24.0 Å². The van der Waals surface area contributed by atoms with Crippen LogP contribution in [0.1, 0.15) is 45.8 Å². The van der Waals surface area contributed by atoms with Gasteiger partial charge in [0.1, 0.15) is 12.9 Å². The molecule has 0 bridgehead atoms. The number of hydrogen-bond donors (Lipinski definition) is 0. The first kappa shape index (κ1) is 21.9. The Labute approximate surface area is 157 Å². The third kappa shape index (κ3) is 5.45. The van der Waals surface area contributed by atoms with E-state index in [1.54, 1.807) is 7.11 Å². The monoisotopic (exact) mass is 392 g/mol. The summed E-state index contributed by atoms with van der Waals surface area (Å²) in [5.74, 6) is 0. The Morgan fingerprint density at radius 3 is 2.08 bits per heavy atom. The van der Waals surface area contributed by atoms with E-state index in [2.05, 4.69) is 40.8 Å². The molecule has 0 radical (unpaired) electrons. The first-order valence-electron chi connectivity index (χ1n) is 8.27. The van der Waals surface area contributed by atoms with Crippen LogP contribution in [0, 0.1) is 0 Å². The maximum absolute atomic E-state index is 6.62. The molecular formula is C18H30Cl2O3Si. The minimum absolute atomic E-state index is 0.108. The predicted molar refractivity (Wildman–Crippen MR) is 105 cm³/mol. The van der Waals surface area contributed by atoms with Crippen LogP contribution < -0.4 is 0 Å². The largest absolute Gasteiger partial charge is 0.411 e. The number of rotatable bonds is 8. The van der Waals surface area contributed by atoms with Gasteiger partial charge < -0.3 is 13.9 Å². The van der Waals surface area contributed by atoms with Gasteiger partial charge in [-0.2, -0.15) is 0 Å². The van der Waals surface area contributed by atoms with E-state index >= 15 is 0 Å². The summed E-state index contributed by atoms with van der Waals surface area (Å²) in [7, 11) is -0.367. The highest BCUT2D eigenvalue weighted by Gasteiger charge is 2.41. The van der Waals surface area contributed by atoms with E-state index in [9.17, 15) is 0 Å². The molecule has 0 spiro atoms. The van der Waals surface area contributed by atoms with Crippen molar-refractivity contribution in [3.8, 4) is 0 Å². The fourth-order valence-corrected chi connectivity index (χ4v) is 4.23. The Kier molecular flexibility index (Phi) is 8.24. The number of ether oxygens (including phenoxy) is 2. The molecule has 24 heavy (non-hydrogen) atoms. The van der Waals surface area contributed by atoms with Gasteiger partial charge in [-0.05, 0) is 36.7 Å². The average molecular weight is 393 g/mol. The average Bonchev–Trinajstić information content (AvgIpc) is 2.47. The topological polar surface area (TPSA) is 27.7 Å². The number of halogens is 2. The quantitative estimate of drug-likeness (QED) is 0.375. The van der Waals surface area contributed by atoms with Crippen LogP contribution >= 0.6 is 23.2 Å². The highest BCUT2D eigenvalue weighted by atomic mass is 35.5. The first-order valence-corrected chi connectivity index (χ1v) is 11.9. The predicted octanol–water partition coefficient (Wildman–Crippen LogP) is 6.46. The Hall–Kier alpha value is -0.103. The number of methoxy groups -OCH3 is 1. The third-order valence-corrected chi connectivity index (χ3v) is 9.81. The minimum Gasteiger partial charge on any atom is -0.411 e. The van der Waals surface area contributed by atoms with Crippen LogP contribution in [0.5, 0.6) is 0 Å². The lowest BCUT2D eigenvalue weighted by molar-refractivity contribution is -0.111. The summed E-state index contributed by atoms with van der Waals surface area (Å²) in [5, 5.41) is 1.28. The molecule has 0 saturated heterocycles. The van der Waals surface area contributed by atoms with Gasteiger partial charge in [-0.3, -0.25) is 0 Å². The summed E-state index contributed by atoms with van der Waals surface area (Å²) in [6.07, 6.45) is 0.284. The van der Waals surface area contributed by atoms with E-state index < -0.39 is 8.32 Å². The maximum atomic E-state index is 6.62. The van der Waals surface area contributed by atoms with E-state index in [0.717, 1.165) is 12.0 Å². The van der Waals surface area contributed by atoms with Gasteiger partial charge in [0, 0.05) is 22.7 Å². The fraction of sp³-hybridized carbons (Fsp3) is 0.667. The second kappa shape index (κ2) is 9.02. The summed E-state index contributed by atoms with van der Waals surface area (Å²) in [6, 6.07) is 5.48. The molecule has 0 amide bonds. The van der Waals surface area contributed by atoms with Crippen LogP contribution in [0.25, 0.3) is 0 Å². The van der Waals surface area contributed by atoms with Crippen molar-refractivity contribution < 1.29 is 13.9 Å². The van der Waals surface area contributed by atoms with Crippen molar-refractivity contribution in [2.45, 2.75) is 64.5 Å². The second-order valence-electron chi connectivity index (χ2n) is 7.45. The van der Waals surface area contributed by atoms with E-state index in [0.29, 0.717) is 10.0 Å². The lowest BCUT2D eigenvalue weighted by Crippen LogP contribution is -2.45. The highest BCUT2D eigenvalue weighted by Crippen LogP contribution is 2.42. The molecule has 0 N–H and O–H groups in total. The molecular weight excluding hydrogens is 363 g/mol. The van der Waals surface area contributed by atoms with Crippen molar-refractivity contribution in [3.63, 3.8) is 0 Å². The summed E-state index contributed by atoms with van der Waals surface area (Å²) < 4.78 is 17.7. The Morgan fingerprint density at radius 1 is 1.12 bits per heavy atom. The smallest absolute Gasteiger partial charge is 0.192 e. The zero-order valence-electron chi connectivity index (χ0n) is 15.8. The molecule has 1 aromatic rings. The van der Waals surface area contributed by atoms with Crippen molar-refractivity contribution >= 4 is 31.5 Å². The van der Waals surface area contributed by atoms with Crippen LogP contribution in [0.3, 0.4) is 0 Å². The van der Waals surface area contributed by atoms with Crippen LogP contribution in [-0.2, 0) is 13.9 Å². The number of hydrogen-bond acceptors (Lipinski definition) is 3. The molecule has 0 aliphatic carbocycles. The van der Waals surface area contributed by atoms with Crippen molar-refractivity contribution in [3.05, 3.63) is 33.8 Å². The summed E-state index contributed by atoms with van der Waals surface area (Å²) in [5.41, 5.74) is 0.767. The zero-order chi connectivity index (χ0) is 18.5. The second-order valence-corrected chi connectivity index (χ2v) is 13.0. The molecule has 0 aromatic heterocycles. The molecule has 0 fully saturated rings. The van der Waals surface area contributed by atoms with Crippen LogP contribution in [0.15, 0.2) is 18.2 Å². The molecule has 0 aliphatic rings. The highest BCUT2D eigenvalue weighted by molar-refractivity contribution is 6.74. The summed E-state index contributed by atoms with van der Waals surface area (Å²) >= 11 is 12.8. The third-order valence-electron chi connectivity index (χ3n) is 4.64. The molecule has 3 nitrogen and oxygen atoms in total. The SMILES string of the molecule is CCC(O[Si](C)(C)C(C)(C)C)[C@@H](OCOC)c1c(Cl)cccc1Cl.